The third-order valence-corrected chi connectivity index (χ3v) is 5.45. The maximum Gasteiger partial charge on any atom is 0.325 e. The zero-order valence-corrected chi connectivity index (χ0v) is 20.6. The number of nitrogens with one attached hydrogen (secondary N) is 1. The van der Waals surface area contributed by atoms with Crippen molar-refractivity contribution in [2.75, 3.05) is 39.2 Å². The zero-order chi connectivity index (χ0) is 24.3. The smallest absolute Gasteiger partial charge is 0.325 e. The van der Waals surface area contributed by atoms with Crippen molar-refractivity contribution in [3.8, 4) is 34.9 Å². The van der Waals surface area contributed by atoms with Gasteiger partial charge in [-0.05, 0) is 75.0 Å². The standard InChI is InChI=1S/C26H34N4O4/c1-6-30(7-2)17-16-19(3)28-24-18-27-26(34-23-14-10-21(32-5)11-15-23)29-25(24)33-22-12-8-20(31-4)9-13-22/h8-15,18-19,28H,6-7,16-17H2,1-5H3. The van der Waals surface area contributed by atoms with Crippen LogP contribution < -0.4 is 24.3 Å². The van der Waals surface area contributed by atoms with Crippen LogP contribution in [0.25, 0.3) is 0 Å². The molecule has 0 saturated heterocycles. The van der Waals surface area contributed by atoms with Crippen LogP contribution >= 0.6 is 0 Å². The number of rotatable bonds is 13. The lowest BCUT2D eigenvalue weighted by atomic mass is 10.2. The molecule has 0 amide bonds. The highest BCUT2D eigenvalue weighted by molar-refractivity contribution is 5.53. The maximum atomic E-state index is 6.11. The molecule has 0 radical (unpaired) electrons. The number of anilines is 1. The fourth-order valence-corrected chi connectivity index (χ4v) is 3.34. The minimum Gasteiger partial charge on any atom is -0.497 e. The highest BCUT2D eigenvalue weighted by Gasteiger charge is 2.15. The summed E-state index contributed by atoms with van der Waals surface area (Å²) in [7, 11) is 3.25. The quantitative estimate of drug-likeness (QED) is 0.348. The van der Waals surface area contributed by atoms with Crippen molar-refractivity contribution in [3.63, 3.8) is 0 Å². The maximum absolute atomic E-state index is 6.11. The van der Waals surface area contributed by atoms with Crippen molar-refractivity contribution >= 4 is 5.69 Å². The van der Waals surface area contributed by atoms with Gasteiger partial charge in [-0.15, -0.1) is 0 Å². The predicted octanol–water partition coefficient (Wildman–Crippen LogP) is 5.61. The lowest BCUT2D eigenvalue weighted by Gasteiger charge is -2.22. The topological polar surface area (TPSA) is 78.0 Å². The van der Waals surface area contributed by atoms with Gasteiger partial charge in [0.05, 0.1) is 20.4 Å². The molecule has 0 aliphatic heterocycles. The first-order chi connectivity index (χ1) is 16.5. The van der Waals surface area contributed by atoms with E-state index in [1.165, 1.54) is 0 Å². The van der Waals surface area contributed by atoms with Gasteiger partial charge in [0, 0.05) is 12.6 Å². The summed E-state index contributed by atoms with van der Waals surface area (Å²) in [6, 6.07) is 15.0. The van der Waals surface area contributed by atoms with Gasteiger partial charge in [-0.2, -0.15) is 4.98 Å². The molecule has 3 aromatic rings. The molecular weight excluding hydrogens is 432 g/mol. The Morgan fingerprint density at radius 1 is 0.824 bits per heavy atom. The Bertz CT molecular complexity index is 1010. The largest absolute Gasteiger partial charge is 0.497 e. The van der Waals surface area contributed by atoms with Gasteiger partial charge in [0.25, 0.3) is 0 Å². The predicted molar refractivity (Wildman–Crippen MR) is 134 cm³/mol. The average Bonchev–Trinajstić information content (AvgIpc) is 2.87. The van der Waals surface area contributed by atoms with Crippen LogP contribution in [0.4, 0.5) is 5.69 Å². The molecule has 182 valence electrons. The van der Waals surface area contributed by atoms with E-state index in [4.69, 9.17) is 18.9 Å². The van der Waals surface area contributed by atoms with Crippen molar-refractivity contribution in [2.45, 2.75) is 33.2 Å². The second kappa shape index (κ2) is 12.6. The van der Waals surface area contributed by atoms with E-state index in [-0.39, 0.29) is 12.1 Å². The molecule has 0 saturated carbocycles. The summed E-state index contributed by atoms with van der Waals surface area (Å²) >= 11 is 0. The average molecular weight is 467 g/mol. The van der Waals surface area contributed by atoms with E-state index in [0.29, 0.717) is 23.1 Å². The molecular formula is C26H34N4O4. The lowest BCUT2D eigenvalue weighted by molar-refractivity contribution is 0.295. The molecule has 34 heavy (non-hydrogen) atoms. The highest BCUT2D eigenvalue weighted by Crippen LogP contribution is 2.31. The fourth-order valence-electron chi connectivity index (χ4n) is 3.34. The highest BCUT2D eigenvalue weighted by atomic mass is 16.5. The van der Waals surface area contributed by atoms with Gasteiger partial charge >= 0.3 is 6.01 Å². The molecule has 3 rings (SSSR count). The van der Waals surface area contributed by atoms with Crippen LogP contribution in [0.15, 0.2) is 54.7 Å². The SMILES string of the molecule is CCN(CC)CCC(C)Nc1cnc(Oc2ccc(OC)cc2)nc1Oc1ccc(OC)cc1. The van der Waals surface area contributed by atoms with Gasteiger partial charge in [-0.3, -0.25) is 0 Å². The second-order valence-electron chi connectivity index (χ2n) is 7.79. The van der Waals surface area contributed by atoms with E-state index in [1.807, 2.05) is 36.4 Å². The first-order valence-electron chi connectivity index (χ1n) is 11.5. The number of nitrogens with zero attached hydrogens (tertiary/aromatic N) is 3. The monoisotopic (exact) mass is 466 g/mol. The van der Waals surface area contributed by atoms with Crippen LogP contribution in [0.1, 0.15) is 27.2 Å². The van der Waals surface area contributed by atoms with Gasteiger partial charge in [-0.1, -0.05) is 13.8 Å². The molecule has 0 fully saturated rings. The Morgan fingerprint density at radius 3 is 1.88 bits per heavy atom. The lowest BCUT2D eigenvalue weighted by Crippen LogP contribution is -2.28. The van der Waals surface area contributed by atoms with E-state index < -0.39 is 0 Å². The van der Waals surface area contributed by atoms with Crippen molar-refractivity contribution in [1.29, 1.82) is 0 Å². The summed E-state index contributed by atoms with van der Waals surface area (Å²) in [5, 5.41) is 3.49. The summed E-state index contributed by atoms with van der Waals surface area (Å²) < 4.78 is 22.4. The molecule has 1 heterocycles. The molecule has 8 nitrogen and oxygen atoms in total. The van der Waals surface area contributed by atoms with Gasteiger partial charge < -0.3 is 29.2 Å². The second-order valence-corrected chi connectivity index (χ2v) is 7.79. The van der Waals surface area contributed by atoms with Crippen LogP contribution in [-0.2, 0) is 0 Å². The minimum absolute atomic E-state index is 0.190. The summed E-state index contributed by atoms with van der Waals surface area (Å²) in [5.74, 6) is 3.12. The van der Waals surface area contributed by atoms with E-state index in [2.05, 4.69) is 41.0 Å². The molecule has 1 aromatic heterocycles. The molecule has 0 aliphatic carbocycles. The van der Waals surface area contributed by atoms with E-state index in [1.54, 1.807) is 32.5 Å². The number of aromatic nitrogens is 2. The third kappa shape index (κ3) is 7.25. The van der Waals surface area contributed by atoms with Crippen molar-refractivity contribution in [1.82, 2.24) is 14.9 Å². The molecule has 1 unspecified atom stereocenters. The summed E-state index contributed by atoms with van der Waals surface area (Å²) in [6.07, 6.45) is 2.67. The molecule has 2 aromatic carbocycles. The molecule has 1 atom stereocenters. The van der Waals surface area contributed by atoms with Crippen LogP contribution in [0.5, 0.6) is 34.9 Å². The Balaban J connectivity index is 1.79. The molecule has 0 bridgehead atoms. The fraction of sp³-hybridized carbons (Fsp3) is 0.385. The van der Waals surface area contributed by atoms with Crippen LogP contribution in [0.2, 0.25) is 0 Å². The summed E-state index contributed by atoms with van der Waals surface area (Å²) in [4.78, 5) is 11.3. The number of methoxy groups -OCH3 is 2. The van der Waals surface area contributed by atoms with Crippen molar-refractivity contribution < 1.29 is 18.9 Å². The zero-order valence-electron chi connectivity index (χ0n) is 20.6. The van der Waals surface area contributed by atoms with Gasteiger partial charge in [-0.25, -0.2) is 4.98 Å². The van der Waals surface area contributed by atoms with Gasteiger partial charge in [0.15, 0.2) is 0 Å². The molecule has 8 heteroatoms. The van der Waals surface area contributed by atoms with E-state index >= 15 is 0 Å². The Morgan fingerprint density at radius 2 is 1.35 bits per heavy atom. The van der Waals surface area contributed by atoms with Crippen LogP contribution in [0, 0.1) is 0 Å². The minimum atomic E-state index is 0.190. The van der Waals surface area contributed by atoms with Crippen molar-refractivity contribution in [2.24, 2.45) is 0 Å². The number of ether oxygens (including phenoxy) is 4. The third-order valence-electron chi connectivity index (χ3n) is 5.45. The van der Waals surface area contributed by atoms with Crippen molar-refractivity contribution in [3.05, 3.63) is 54.7 Å². The van der Waals surface area contributed by atoms with Crippen LogP contribution in [0.3, 0.4) is 0 Å². The normalized spacial score (nSPS) is 11.7. The Labute approximate surface area is 201 Å². The summed E-state index contributed by atoms with van der Waals surface area (Å²) in [5.41, 5.74) is 0.699. The first kappa shape index (κ1) is 25.1. The van der Waals surface area contributed by atoms with Crippen LogP contribution in [-0.4, -0.2) is 54.8 Å². The summed E-state index contributed by atoms with van der Waals surface area (Å²) in [6.45, 7) is 9.58. The number of hydrogen-bond acceptors (Lipinski definition) is 8. The number of benzene rings is 2. The van der Waals surface area contributed by atoms with E-state index in [9.17, 15) is 0 Å². The first-order valence-corrected chi connectivity index (χ1v) is 11.5. The van der Waals surface area contributed by atoms with E-state index in [0.717, 1.165) is 37.6 Å². The Kier molecular flexibility index (Phi) is 9.34. The van der Waals surface area contributed by atoms with Gasteiger partial charge in [0.1, 0.15) is 28.7 Å². The van der Waals surface area contributed by atoms with Gasteiger partial charge in [0.2, 0.25) is 5.88 Å². The molecule has 0 aliphatic rings. The Hall–Kier alpha value is -3.52. The molecule has 1 N–H and O–H groups in total. The molecule has 0 spiro atoms. The number of hydrogen-bond donors (Lipinski definition) is 1.